The summed E-state index contributed by atoms with van der Waals surface area (Å²) in [5.74, 6) is -5.74. The molecule has 0 spiro atoms. The van der Waals surface area contributed by atoms with Crippen LogP contribution in [0.4, 0.5) is 0 Å². The van der Waals surface area contributed by atoms with E-state index in [-0.39, 0.29) is 91.8 Å². The first kappa shape index (κ1) is 40.1. The van der Waals surface area contributed by atoms with E-state index < -0.39 is 59.5 Å². The highest BCUT2D eigenvalue weighted by Gasteiger charge is 2.67. The van der Waals surface area contributed by atoms with Gasteiger partial charge in [-0.25, -0.2) is 0 Å². The Labute approximate surface area is 298 Å². The number of rotatable bonds is 16. The quantitative estimate of drug-likeness (QED) is 0.144. The van der Waals surface area contributed by atoms with Gasteiger partial charge >= 0.3 is 41.8 Å². The Kier molecular flexibility index (Phi) is 13.2. The highest BCUT2D eigenvalue weighted by atomic mass is 16.6. The Morgan fingerprint density at radius 2 is 1.24 bits per heavy atom. The molecule has 0 saturated heterocycles. The van der Waals surface area contributed by atoms with Crippen molar-refractivity contribution >= 4 is 41.8 Å². The monoisotopic (exact) mass is 722 g/mol. The van der Waals surface area contributed by atoms with Crippen molar-refractivity contribution in [3.05, 3.63) is 0 Å². The molecule has 0 bridgehead atoms. The van der Waals surface area contributed by atoms with Gasteiger partial charge in [0.05, 0.1) is 45.6 Å². The molecule has 11 atom stereocenters. The Hall–Kier alpha value is -3.71. The second kappa shape index (κ2) is 16.8. The van der Waals surface area contributed by atoms with Gasteiger partial charge in [-0.15, -0.1) is 0 Å². The van der Waals surface area contributed by atoms with Crippen molar-refractivity contribution < 1.29 is 67.8 Å². The first-order valence-corrected chi connectivity index (χ1v) is 18.3. The third kappa shape index (κ3) is 9.21. The molecule has 0 aromatic rings. The van der Waals surface area contributed by atoms with E-state index in [0.717, 1.165) is 12.8 Å². The third-order valence-electron chi connectivity index (χ3n) is 13.0. The van der Waals surface area contributed by atoms with Gasteiger partial charge in [0, 0.05) is 17.8 Å². The van der Waals surface area contributed by atoms with E-state index in [1.165, 1.54) is 7.11 Å². The van der Waals surface area contributed by atoms with Crippen molar-refractivity contribution in [1.29, 1.82) is 0 Å². The van der Waals surface area contributed by atoms with Crippen molar-refractivity contribution in [2.75, 3.05) is 7.11 Å². The summed E-state index contributed by atoms with van der Waals surface area (Å²) in [6.45, 7) is 6.38. The van der Waals surface area contributed by atoms with E-state index in [1.807, 2.05) is 0 Å². The summed E-state index contributed by atoms with van der Waals surface area (Å²) in [5.41, 5.74) is -0.929. The maximum absolute atomic E-state index is 13.2. The summed E-state index contributed by atoms with van der Waals surface area (Å²) in [6, 6.07) is 0. The van der Waals surface area contributed by atoms with Gasteiger partial charge in [0.15, 0.2) is 0 Å². The minimum absolute atomic E-state index is 0.0280. The molecule has 0 aromatic heterocycles. The summed E-state index contributed by atoms with van der Waals surface area (Å²) in [6.07, 6.45) is 1.45. The van der Waals surface area contributed by atoms with Crippen molar-refractivity contribution in [1.82, 2.24) is 0 Å². The second-order valence-electron chi connectivity index (χ2n) is 15.7. The fraction of sp³-hybridized carbons (Fsp3) is 0.811. The van der Waals surface area contributed by atoms with E-state index in [1.54, 1.807) is 0 Å². The molecule has 4 aliphatic rings. The first-order chi connectivity index (χ1) is 24.0. The zero-order valence-electron chi connectivity index (χ0n) is 30.1. The molecule has 0 aromatic carbocycles. The maximum atomic E-state index is 13.2. The first-order valence-electron chi connectivity index (χ1n) is 18.3. The Balaban J connectivity index is 1.69. The smallest absolute Gasteiger partial charge is 0.306 e. The molecule has 286 valence electrons. The highest BCUT2D eigenvalue weighted by molar-refractivity contribution is 5.78. The second-order valence-corrected chi connectivity index (χ2v) is 15.7. The molecule has 0 unspecified atom stereocenters. The highest BCUT2D eigenvalue weighted by Crippen LogP contribution is 2.69. The van der Waals surface area contributed by atoms with Crippen molar-refractivity contribution in [2.24, 2.45) is 46.3 Å². The predicted octanol–water partition coefficient (Wildman–Crippen LogP) is 4.78. The molecule has 14 nitrogen and oxygen atoms in total. The van der Waals surface area contributed by atoms with Gasteiger partial charge in [0.1, 0.15) is 18.3 Å². The maximum Gasteiger partial charge on any atom is 0.306 e. The van der Waals surface area contributed by atoms with E-state index in [0.29, 0.717) is 38.5 Å². The van der Waals surface area contributed by atoms with Crippen molar-refractivity contribution in [2.45, 2.75) is 135 Å². The summed E-state index contributed by atoms with van der Waals surface area (Å²) >= 11 is 0. The minimum atomic E-state index is -1.11. The summed E-state index contributed by atoms with van der Waals surface area (Å²) < 4.78 is 23.1. The number of carboxylic acid groups (broad SMARTS) is 3. The fourth-order valence-electron chi connectivity index (χ4n) is 10.4. The number of methoxy groups -OCH3 is 1. The number of aliphatic carboxylic acids is 3. The summed E-state index contributed by atoms with van der Waals surface area (Å²) in [7, 11) is 1.35. The number of carboxylic acids is 3. The van der Waals surface area contributed by atoms with Crippen molar-refractivity contribution in [3.8, 4) is 0 Å². The lowest BCUT2D eigenvalue weighted by molar-refractivity contribution is -0.226. The van der Waals surface area contributed by atoms with Crippen LogP contribution in [0.3, 0.4) is 0 Å². The normalized spacial score (nSPS) is 34.4. The minimum Gasteiger partial charge on any atom is -0.481 e. The number of carbonyl (C=O) groups is 7. The lowest BCUT2D eigenvalue weighted by Gasteiger charge is -2.64. The molecule has 4 aliphatic carbocycles. The number of hydrogen-bond acceptors (Lipinski definition) is 11. The molecule has 3 N–H and O–H groups in total. The van der Waals surface area contributed by atoms with Crippen LogP contribution in [-0.2, 0) is 52.5 Å². The van der Waals surface area contributed by atoms with Gasteiger partial charge in [0.2, 0.25) is 0 Å². The summed E-state index contributed by atoms with van der Waals surface area (Å²) in [4.78, 5) is 84.6. The van der Waals surface area contributed by atoms with Crippen LogP contribution in [0.1, 0.15) is 117 Å². The molecule has 4 rings (SSSR count). The van der Waals surface area contributed by atoms with Gasteiger partial charge in [-0.3, -0.25) is 33.6 Å². The van der Waals surface area contributed by atoms with Gasteiger partial charge in [-0.05, 0) is 86.4 Å². The zero-order valence-corrected chi connectivity index (χ0v) is 30.1. The molecule has 51 heavy (non-hydrogen) atoms. The van der Waals surface area contributed by atoms with E-state index in [4.69, 9.17) is 24.1 Å². The average molecular weight is 723 g/mol. The van der Waals surface area contributed by atoms with Crippen LogP contribution in [0.25, 0.3) is 0 Å². The fourth-order valence-corrected chi connectivity index (χ4v) is 10.4. The third-order valence-corrected chi connectivity index (χ3v) is 13.0. The number of esters is 4. The van der Waals surface area contributed by atoms with Crippen LogP contribution >= 0.6 is 0 Å². The average Bonchev–Trinajstić information content (AvgIpc) is 3.43. The number of carbonyl (C=O) groups excluding carboxylic acids is 4. The van der Waals surface area contributed by atoms with Crippen molar-refractivity contribution in [3.63, 3.8) is 0 Å². The van der Waals surface area contributed by atoms with Crippen LogP contribution in [0, 0.1) is 46.3 Å². The van der Waals surface area contributed by atoms with Gasteiger partial charge < -0.3 is 34.3 Å². The molecular formula is C37H54O14. The van der Waals surface area contributed by atoms with Crippen LogP contribution < -0.4 is 0 Å². The number of ether oxygens (including phenoxy) is 4. The molecular weight excluding hydrogens is 668 g/mol. The predicted molar refractivity (Wildman–Crippen MR) is 177 cm³/mol. The largest absolute Gasteiger partial charge is 0.481 e. The molecule has 4 saturated carbocycles. The van der Waals surface area contributed by atoms with Gasteiger partial charge in [-0.1, -0.05) is 20.8 Å². The number of hydrogen-bond donors (Lipinski definition) is 3. The van der Waals surface area contributed by atoms with E-state index >= 15 is 0 Å². The molecule has 0 radical (unpaired) electrons. The summed E-state index contributed by atoms with van der Waals surface area (Å²) in [5, 5.41) is 27.5. The molecule has 14 heteroatoms. The van der Waals surface area contributed by atoms with E-state index in [2.05, 4.69) is 20.8 Å². The van der Waals surface area contributed by atoms with Gasteiger partial charge in [-0.2, -0.15) is 0 Å². The lowest BCUT2D eigenvalue weighted by Crippen LogP contribution is -2.63. The van der Waals surface area contributed by atoms with Crippen LogP contribution in [0.5, 0.6) is 0 Å². The number of fused-ring (bicyclic) bond motifs is 5. The molecule has 0 amide bonds. The topological polar surface area (TPSA) is 217 Å². The van der Waals surface area contributed by atoms with Crippen LogP contribution in [0.2, 0.25) is 0 Å². The zero-order chi connectivity index (χ0) is 37.7. The molecule has 0 heterocycles. The van der Waals surface area contributed by atoms with E-state index in [9.17, 15) is 43.8 Å². The SMILES string of the molecule is COC(=O)CC[C@H](C)[C@@H]1CC[C@@H]2[C@@H]3[C@@H](C[C@@H](OC(=O)CCC(=O)O)[C@@]21C)[C@@]1(C)CC[C@H](OC(=O)CCC(=O)O)C[C@H]1C[C@H]3OC(=O)CCC(=O)O. The Morgan fingerprint density at radius 3 is 1.80 bits per heavy atom. The lowest BCUT2D eigenvalue weighted by atomic mass is 9.43. The standard InChI is InChI=1S/C37H54O14/c1-20(5-11-31(44)48-4)23-6-7-24-35-25(19-27(37(23,24)3)51-34(47)14-10-30(42)43)36(2)16-15-22(49-32(45)12-8-28(38)39)17-21(36)18-26(35)50-33(46)13-9-29(40)41/h20-27,35H,5-19H2,1-4H3,(H,38,39)(H,40,41)(H,42,43)/t20-,21-,22-,23-,24+,25+,26+,27+,35+,36-,37+/m0/s1. The molecule has 4 fully saturated rings. The Bertz CT molecular complexity index is 1340. The van der Waals surface area contributed by atoms with Gasteiger partial charge in [0.25, 0.3) is 0 Å². The van der Waals surface area contributed by atoms with Crippen LogP contribution in [-0.4, -0.2) is 82.5 Å². The molecule has 0 aliphatic heterocycles. The Morgan fingerprint density at radius 1 is 0.667 bits per heavy atom. The van der Waals surface area contributed by atoms with Crippen LogP contribution in [0.15, 0.2) is 0 Å².